The van der Waals surface area contributed by atoms with Crippen molar-refractivity contribution < 1.29 is 4.79 Å². The summed E-state index contributed by atoms with van der Waals surface area (Å²) in [6.45, 7) is 0. The Hall–Kier alpha value is -1.77. The van der Waals surface area contributed by atoms with Gasteiger partial charge in [-0.2, -0.15) is 5.26 Å². The van der Waals surface area contributed by atoms with E-state index in [4.69, 9.17) is 0 Å². The molecule has 1 aromatic heterocycles. The number of anilines is 1. The summed E-state index contributed by atoms with van der Waals surface area (Å²) in [5, 5.41) is 13.0. The molecule has 5 heteroatoms. The number of hydrogen-bond donors (Lipinski definition) is 1. The first-order valence-electron chi connectivity index (χ1n) is 7.24. The molecule has 1 aliphatic carbocycles. The van der Waals surface area contributed by atoms with Crippen molar-refractivity contribution in [2.75, 3.05) is 11.1 Å². The standard InChI is InChI=1S/C17H16N2OS2/c18-9-14-13-7-4-8-15(13)22-17(14)19-16(20)11-21-10-12-5-2-1-3-6-12/h1-3,5-6H,4,7-8,10-11H2,(H,19,20). The summed E-state index contributed by atoms with van der Waals surface area (Å²) in [5.74, 6) is 1.19. The third kappa shape index (κ3) is 3.34. The van der Waals surface area contributed by atoms with Crippen LogP contribution in [0.3, 0.4) is 0 Å². The van der Waals surface area contributed by atoms with Gasteiger partial charge in [0.25, 0.3) is 0 Å². The molecule has 112 valence electrons. The molecule has 2 aromatic rings. The molecule has 1 heterocycles. The van der Waals surface area contributed by atoms with Crippen molar-refractivity contribution in [3.8, 4) is 6.07 Å². The highest BCUT2D eigenvalue weighted by Crippen LogP contribution is 2.38. The molecule has 0 bridgehead atoms. The fraction of sp³-hybridized carbons (Fsp3) is 0.294. The number of fused-ring (bicyclic) bond motifs is 1. The Kier molecular flexibility index (Phi) is 4.81. The molecule has 1 amide bonds. The number of thiophene rings is 1. The van der Waals surface area contributed by atoms with E-state index in [0.717, 1.165) is 35.6 Å². The van der Waals surface area contributed by atoms with Crippen LogP contribution in [0.2, 0.25) is 0 Å². The van der Waals surface area contributed by atoms with Crippen molar-refractivity contribution in [1.82, 2.24) is 0 Å². The van der Waals surface area contributed by atoms with Gasteiger partial charge in [0.2, 0.25) is 5.91 Å². The molecule has 0 aliphatic heterocycles. The van der Waals surface area contributed by atoms with Gasteiger partial charge in [-0.25, -0.2) is 0 Å². The summed E-state index contributed by atoms with van der Waals surface area (Å²) < 4.78 is 0. The SMILES string of the molecule is N#Cc1c(NC(=O)CSCc2ccccc2)sc2c1CCC2. The van der Waals surface area contributed by atoms with Crippen molar-refractivity contribution >= 4 is 34.0 Å². The van der Waals surface area contributed by atoms with Crippen LogP contribution in [-0.4, -0.2) is 11.7 Å². The van der Waals surface area contributed by atoms with Gasteiger partial charge in [0, 0.05) is 10.6 Å². The number of nitrogens with one attached hydrogen (secondary N) is 1. The summed E-state index contributed by atoms with van der Waals surface area (Å²) in [4.78, 5) is 13.3. The second kappa shape index (κ2) is 6.99. The molecule has 0 radical (unpaired) electrons. The lowest BCUT2D eigenvalue weighted by Gasteiger charge is -2.04. The van der Waals surface area contributed by atoms with Gasteiger partial charge in [-0.15, -0.1) is 23.1 Å². The number of aryl methyl sites for hydroxylation is 1. The second-order valence-electron chi connectivity index (χ2n) is 5.20. The van der Waals surface area contributed by atoms with Gasteiger partial charge in [0.1, 0.15) is 11.1 Å². The molecule has 0 atom stereocenters. The Morgan fingerprint density at radius 2 is 2.14 bits per heavy atom. The van der Waals surface area contributed by atoms with Crippen LogP contribution < -0.4 is 5.32 Å². The van der Waals surface area contributed by atoms with Crippen LogP contribution in [0.4, 0.5) is 5.00 Å². The fourth-order valence-corrected chi connectivity index (χ4v) is 4.65. The number of rotatable bonds is 5. The maximum absolute atomic E-state index is 12.1. The zero-order valence-electron chi connectivity index (χ0n) is 12.1. The Morgan fingerprint density at radius 1 is 1.32 bits per heavy atom. The quantitative estimate of drug-likeness (QED) is 0.903. The number of hydrogen-bond acceptors (Lipinski definition) is 4. The second-order valence-corrected chi connectivity index (χ2v) is 7.29. The smallest absolute Gasteiger partial charge is 0.235 e. The number of amides is 1. The van der Waals surface area contributed by atoms with E-state index < -0.39 is 0 Å². The molecular formula is C17H16N2OS2. The van der Waals surface area contributed by atoms with Gasteiger partial charge in [-0.05, 0) is 30.4 Å². The normalized spacial score (nSPS) is 12.7. The lowest BCUT2D eigenvalue weighted by atomic mass is 10.1. The maximum atomic E-state index is 12.1. The molecular weight excluding hydrogens is 312 g/mol. The molecule has 1 aromatic carbocycles. The molecule has 3 rings (SSSR count). The summed E-state index contributed by atoms with van der Waals surface area (Å²) in [6.07, 6.45) is 3.12. The molecule has 0 fully saturated rings. The number of thioether (sulfide) groups is 1. The molecule has 3 nitrogen and oxygen atoms in total. The number of carbonyl (C=O) groups excluding carboxylic acids is 1. The Balaban J connectivity index is 1.55. The molecule has 0 unspecified atom stereocenters. The third-order valence-corrected chi connectivity index (χ3v) is 5.84. The first-order valence-corrected chi connectivity index (χ1v) is 9.21. The minimum absolute atomic E-state index is 0.0302. The summed E-state index contributed by atoms with van der Waals surface area (Å²) in [6, 6.07) is 12.4. The molecule has 1 aliphatic rings. The maximum Gasteiger partial charge on any atom is 0.235 e. The predicted octanol–water partition coefficient (Wildman–Crippen LogP) is 3.98. The van der Waals surface area contributed by atoms with Crippen LogP contribution in [0.5, 0.6) is 0 Å². The van der Waals surface area contributed by atoms with E-state index in [1.165, 1.54) is 10.4 Å². The van der Waals surface area contributed by atoms with E-state index in [1.54, 1.807) is 23.1 Å². The number of nitrogens with zero attached hydrogens (tertiary/aromatic N) is 1. The van der Waals surface area contributed by atoms with Crippen molar-refractivity contribution in [1.29, 1.82) is 5.26 Å². The Morgan fingerprint density at radius 3 is 2.91 bits per heavy atom. The molecule has 1 N–H and O–H groups in total. The van der Waals surface area contributed by atoms with E-state index in [1.807, 2.05) is 18.2 Å². The van der Waals surface area contributed by atoms with Gasteiger partial charge in [0.05, 0.1) is 11.3 Å². The van der Waals surface area contributed by atoms with Gasteiger partial charge in [0.15, 0.2) is 0 Å². The van der Waals surface area contributed by atoms with Crippen molar-refractivity contribution in [2.24, 2.45) is 0 Å². The Labute approximate surface area is 138 Å². The van der Waals surface area contributed by atoms with Crippen LogP contribution in [-0.2, 0) is 23.4 Å². The van der Waals surface area contributed by atoms with Gasteiger partial charge < -0.3 is 5.32 Å². The molecule has 0 saturated heterocycles. The van der Waals surface area contributed by atoms with Crippen molar-refractivity contribution in [2.45, 2.75) is 25.0 Å². The minimum atomic E-state index is -0.0302. The fourth-order valence-electron chi connectivity index (χ4n) is 2.61. The first kappa shape index (κ1) is 15.1. The highest BCUT2D eigenvalue weighted by Gasteiger charge is 2.22. The van der Waals surface area contributed by atoms with E-state index in [2.05, 4.69) is 23.5 Å². The van der Waals surface area contributed by atoms with E-state index in [-0.39, 0.29) is 5.91 Å². The van der Waals surface area contributed by atoms with E-state index in [0.29, 0.717) is 11.3 Å². The monoisotopic (exact) mass is 328 g/mol. The number of carbonyl (C=O) groups is 1. The zero-order chi connectivity index (χ0) is 15.4. The summed E-state index contributed by atoms with van der Waals surface area (Å²) in [7, 11) is 0. The lowest BCUT2D eigenvalue weighted by molar-refractivity contribution is -0.113. The average Bonchev–Trinajstić information content (AvgIpc) is 3.08. The van der Waals surface area contributed by atoms with Gasteiger partial charge in [-0.3, -0.25) is 4.79 Å². The van der Waals surface area contributed by atoms with Crippen LogP contribution >= 0.6 is 23.1 Å². The average molecular weight is 328 g/mol. The van der Waals surface area contributed by atoms with Gasteiger partial charge >= 0.3 is 0 Å². The molecule has 0 spiro atoms. The number of nitriles is 1. The lowest BCUT2D eigenvalue weighted by Crippen LogP contribution is -2.14. The van der Waals surface area contributed by atoms with E-state index >= 15 is 0 Å². The van der Waals surface area contributed by atoms with Crippen LogP contribution in [0.15, 0.2) is 30.3 Å². The van der Waals surface area contributed by atoms with Crippen LogP contribution in [0.1, 0.15) is 28.0 Å². The largest absolute Gasteiger partial charge is 0.316 e. The molecule has 0 saturated carbocycles. The highest BCUT2D eigenvalue weighted by atomic mass is 32.2. The predicted molar refractivity (Wildman–Crippen MR) is 92.3 cm³/mol. The summed E-state index contributed by atoms with van der Waals surface area (Å²) >= 11 is 3.16. The van der Waals surface area contributed by atoms with Gasteiger partial charge in [-0.1, -0.05) is 30.3 Å². The zero-order valence-corrected chi connectivity index (χ0v) is 13.7. The highest BCUT2D eigenvalue weighted by molar-refractivity contribution is 7.99. The van der Waals surface area contributed by atoms with Crippen molar-refractivity contribution in [3.63, 3.8) is 0 Å². The van der Waals surface area contributed by atoms with Crippen LogP contribution in [0, 0.1) is 11.3 Å². The topological polar surface area (TPSA) is 52.9 Å². The Bertz CT molecular complexity index is 716. The number of benzene rings is 1. The molecule has 22 heavy (non-hydrogen) atoms. The van der Waals surface area contributed by atoms with E-state index in [9.17, 15) is 10.1 Å². The van der Waals surface area contributed by atoms with Crippen LogP contribution in [0.25, 0.3) is 0 Å². The first-order chi connectivity index (χ1) is 10.8. The third-order valence-electron chi connectivity index (χ3n) is 3.63. The van der Waals surface area contributed by atoms with Crippen molar-refractivity contribution in [3.05, 3.63) is 51.9 Å². The minimum Gasteiger partial charge on any atom is -0.316 e. The summed E-state index contributed by atoms with van der Waals surface area (Å²) in [5.41, 5.74) is 3.05.